The van der Waals surface area contributed by atoms with E-state index < -0.39 is 0 Å². The number of fused-ring (bicyclic) bond motifs is 1. The molecule has 0 aliphatic carbocycles. The largest absolute Gasteiger partial charge is 0.497 e. The number of nitrogens with zero attached hydrogens (tertiary/aromatic N) is 1. The standard InChI is InChI=1S/C24H22F2N2O2/c1-15-13-22(27-19-8-5-17(25)6-9-19)21-14-18(26)7-12-23(21)28(15)24(29)16-3-10-20(30-2)11-4-16/h3-12,14-15,22,27H,13H2,1-2H3/t15-,22-/m0/s1. The average molecular weight is 408 g/mol. The first-order valence-electron chi connectivity index (χ1n) is 9.75. The molecule has 2 atom stereocenters. The van der Waals surface area contributed by atoms with E-state index in [2.05, 4.69) is 5.32 Å². The normalized spacial score (nSPS) is 17.9. The fraction of sp³-hybridized carbons (Fsp3) is 0.208. The number of nitrogens with one attached hydrogen (secondary N) is 1. The summed E-state index contributed by atoms with van der Waals surface area (Å²) in [5.41, 5.74) is 2.62. The Labute approximate surface area is 174 Å². The van der Waals surface area contributed by atoms with Gasteiger partial charge in [-0.1, -0.05) is 0 Å². The predicted octanol–water partition coefficient (Wildman–Crippen LogP) is 5.57. The molecule has 1 amide bonds. The summed E-state index contributed by atoms with van der Waals surface area (Å²) in [6, 6.07) is 17.1. The molecule has 6 heteroatoms. The van der Waals surface area contributed by atoms with Crippen LogP contribution in [0.15, 0.2) is 66.7 Å². The van der Waals surface area contributed by atoms with Gasteiger partial charge in [0.25, 0.3) is 5.91 Å². The van der Waals surface area contributed by atoms with E-state index >= 15 is 0 Å². The highest BCUT2D eigenvalue weighted by atomic mass is 19.1. The van der Waals surface area contributed by atoms with E-state index in [1.165, 1.54) is 24.3 Å². The van der Waals surface area contributed by atoms with Crippen LogP contribution in [0.25, 0.3) is 0 Å². The lowest BCUT2D eigenvalue weighted by Gasteiger charge is -2.40. The summed E-state index contributed by atoms with van der Waals surface area (Å²) in [7, 11) is 1.57. The molecule has 30 heavy (non-hydrogen) atoms. The van der Waals surface area contributed by atoms with Gasteiger partial charge in [0, 0.05) is 28.5 Å². The minimum Gasteiger partial charge on any atom is -0.497 e. The zero-order valence-corrected chi connectivity index (χ0v) is 16.7. The maximum atomic E-state index is 14.1. The number of methoxy groups -OCH3 is 1. The zero-order valence-electron chi connectivity index (χ0n) is 16.7. The zero-order chi connectivity index (χ0) is 21.3. The van der Waals surface area contributed by atoms with E-state index in [9.17, 15) is 13.6 Å². The molecule has 0 saturated carbocycles. The number of amides is 1. The average Bonchev–Trinajstić information content (AvgIpc) is 2.75. The molecule has 0 bridgehead atoms. The predicted molar refractivity (Wildman–Crippen MR) is 113 cm³/mol. The molecule has 154 valence electrons. The van der Waals surface area contributed by atoms with Crippen LogP contribution in [0.2, 0.25) is 0 Å². The van der Waals surface area contributed by atoms with Crippen LogP contribution in [-0.2, 0) is 0 Å². The smallest absolute Gasteiger partial charge is 0.258 e. The van der Waals surface area contributed by atoms with Gasteiger partial charge < -0.3 is 15.0 Å². The van der Waals surface area contributed by atoms with Crippen LogP contribution in [0.1, 0.15) is 35.3 Å². The summed E-state index contributed by atoms with van der Waals surface area (Å²) in [4.78, 5) is 15.0. The van der Waals surface area contributed by atoms with Gasteiger partial charge in [-0.3, -0.25) is 4.79 Å². The van der Waals surface area contributed by atoms with E-state index in [1.807, 2.05) is 6.92 Å². The van der Waals surface area contributed by atoms with E-state index in [0.717, 1.165) is 5.69 Å². The molecule has 3 aromatic carbocycles. The molecule has 1 aliphatic rings. The van der Waals surface area contributed by atoms with Crippen molar-refractivity contribution >= 4 is 17.3 Å². The Morgan fingerprint density at radius 1 is 1.00 bits per heavy atom. The number of hydrogen-bond acceptors (Lipinski definition) is 3. The van der Waals surface area contributed by atoms with Crippen molar-refractivity contribution in [3.05, 3.63) is 89.5 Å². The summed E-state index contributed by atoms with van der Waals surface area (Å²) in [5, 5.41) is 3.35. The molecule has 0 unspecified atom stereocenters. The number of anilines is 2. The van der Waals surface area contributed by atoms with Crippen molar-refractivity contribution in [2.75, 3.05) is 17.3 Å². The third-order valence-corrected chi connectivity index (χ3v) is 5.38. The molecule has 0 spiro atoms. The van der Waals surface area contributed by atoms with Crippen LogP contribution in [0.5, 0.6) is 5.75 Å². The van der Waals surface area contributed by atoms with Crippen LogP contribution < -0.4 is 15.0 Å². The first-order valence-corrected chi connectivity index (χ1v) is 9.75. The summed E-state index contributed by atoms with van der Waals surface area (Å²) in [5.74, 6) is -0.172. The second-order valence-electron chi connectivity index (χ2n) is 7.40. The topological polar surface area (TPSA) is 41.6 Å². The number of hydrogen-bond donors (Lipinski definition) is 1. The first-order chi connectivity index (χ1) is 14.5. The molecule has 1 aliphatic heterocycles. The van der Waals surface area contributed by atoms with Gasteiger partial charge in [-0.25, -0.2) is 8.78 Å². The highest BCUT2D eigenvalue weighted by molar-refractivity contribution is 6.07. The number of halogens is 2. The fourth-order valence-electron chi connectivity index (χ4n) is 3.90. The van der Waals surface area contributed by atoms with Crippen LogP contribution >= 0.6 is 0 Å². The highest BCUT2D eigenvalue weighted by Gasteiger charge is 2.34. The van der Waals surface area contributed by atoms with Gasteiger partial charge in [0.15, 0.2) is 0 Å². The summed E-state index contributed by atoms with van der Waals surface area (Å²) in [6.45, 7) is 1.97. The Morgan fingerprint density at radius 2 is 1.67 bits per heavy atom. The van der Waals surface area contributed by atoms with E-state index in [-0.39, 0.29) is 29.6 Å². The van der Waals surface area contributed by atoms with Crippen molar-refractivity contribution in [1.29, 1.82) is 0 Å². The molecule has 1 N–H and O–H groups in total. The molecule has 1 heterocycles. The lowest BCUT2D eigenvalue weighted by molar-refractivity contribution is 0.0974. The monoisotopic (exact) mass is 408 g/mol. The maximum absolute atomic E-state index is 14.1. The molecular formula is C24H22F2N2O2. The van der Waals surface area contributed by atoms with Gasteiger partial charge in [-0.15, -0.1) is 0 Å². The molecular weight excluding hydrogens is 386 g/mol. The van der Waals surface area contributed by atoms with Crippen LogP contribution in [0, 0.1) is 11.6 Å². The molecule has 4 rings (SSSR count). The fourth-order valence-corrected chi connectivity index (χ4v) is 3.90. The Kier molecular flexibility index (Phi) is 5.40. The molecule has 0 aromatic heterocycles. The van der Waals surface area contributed by atoms with Crippen LogP contribution in [0.3, 0.4) is 0 Å². The van der Waals surface area contributed by atoms with Crippen molar-refractivity contribution in [3.8, 4) is 5.75 Å². The van der Waals surface area contributed by atoms with Crippen LogP contribution in [-0.4, -0.2) is 19.1 Å². The Balaban J connectivity index is 1.68. The number of benzene rings is 3. The van der Waals surface area contributed by atoms with Gasteiger partial charge in [0.2, 0.25) is 0 Å². The minimum absolute atomic E-state index is 0.129. The quantitative estimate of drug-likeness (QED) is 0.614. The second kappa shape index (κ2) is 8.14. The number of carbonyl (C=O) groups is 1. The molecule has 4 nitrogen and oxygen atoms in total. The summed E-state index contributed by atoms with van der Waals surface area (Å²) in [6.07, 6.45) is 0.579. The lowest BCUT2D eigenvalue weighted by Crippen LogP contribution is -2.44. The third kappa shape index (κ3) is 3.85. The first kappa shape index (κ1) is 19.9. The van der Waals surface area contributed by atoms with Gasteiger partial charge in [-0.05, 0) is 80.1 Å². The summed E-state index contributed by atoms with van der Waals surface area (Å²) >= 11 is 0. The van der Waals surface area contributed by atoms with E-state index in [1.54, 1.807) is 54.5 Å². The Morgan fingerprint density at radius 3 is 2.33 bits per heavy atom. The molecule has 0 saturated heterocycles. The second-order valence-corrected chi connectivity index (χ2v) is 7.40. The Hall–Kier alpha value is -3.41. The number of carbonyl (C=O) groups excluding carboxylic acids is 1. The number of rotatable bonds is 4. The van der Waals surface area contributed by atoms with Gasteiger partial charge in [0.1, 0.15) is 17.4 Å². The minimum atomic E-state index is -0.369. The summed E-state index contributed by atoms with van der Waals surface area (Å²) < 4.78 is 32.5. The lowest BCUT2D eigenvalue weighted by atomic mass is 9.90. The van der Waals surface area contributed by atoms with Crippen molar-refractivity contribution in [2.45, 2.75) is 25.4 Å². The SMILES string of the molecule is COc1ccc(C(=O)N2c3ccc(F)cc3[C@@H](Nc3ccc(F)cc3)C[C@@H]2C)cc1. The van der Waals surface area contributed by atoms with Crippen molar-refractivity contribution < 1.29 is 18.3 Å². The van der Waals surface area contributed by atoms with Gasteiger partial charge >= 0.3 is 0 Å². The van der Waals surface area contributed by atoms with Crippen molar-refractivity contribution in [3.63, 3.8) is 0 Å². The molecule has 0 fully saturated rings. The van der Waals surface area contributed by atoms with Gasteiger partial charge in [-0.2, -0.15) is 0 Å². The van der Waals surface area contributed by atoms with Crippen molar-refractivity contribution in [2.24, 2.45) is 0 Å². The van der Waals surface area contributed by atoms with E-state index in [4.69, 9.17) is 4.74 Å². The van der Waals surface area contributed by atoms with Crippen molar-refractivity contribution in [1.82, 2.24) is 0 Å². The molecule has 3 aromatic rings. The Bertz CT molecular complexity index is 1050. The highest BCUT2D eigenvalue weighted by Crippen LogP contribution is 2.40. The van der Waals surface area contributed by atoms with Gasteiger partial charge in [0.05, 0.1) is 13.2 Å². The van der Waals surface area contributed by atoms with E-state index in [0.29, 0.717) is 29.0 Å². The third-order valence-electron chi connectivity index (χ3n) is 5.38. The maximum Gasteiger partial charge on any atom is 0.258 e. The molecule has 0 radical (unpaired) electrons. The van der Waals surface area contributed by atoms with Crippen LogP contribution in [0.4, 0.5) is 20.2 Å². The number of ether oxygens (including phenoxy) is 1.